The first-order valence-corrected chi connectivity index (χ1v) is 12.7. The predicted octanol–water partition coefficient (Wildman–Crippen LogP) is 2.84. The second kappa shape index (κ2) is 11.1. The van der Waals surface area contributed by atoms with Crippen LogP contribution in [0.2, 0.25) is 0 Å². The van der Waals surface area contributed by atoms with E-state index in [-0.39, 0.29) is 24.1 Å². The summed E-state index contributed by atoms with van der Waals surface area (Å²) in [5.74, 6) is -0.909. The van der Waals surface area contributed by atoms with Crippen LogP contribution in [0.5, 0.6) is 0 Å². The highest BCUT2D eigenvalue weighted by molar-refractivity contribution is 5.93. The number of nitrogens with zero attached hydrogens (tertiary/aromatic N) is 1. The van der Waals surface area contributed by atoms with Gasteiger partial charge in [0, 0.05) is 54.0 Å². The molecule has 4 rings (SSSR count). The number of carbonyl (C=O) groups is 3. The molecule has 0 radical (unpaired) electrons. The Morgan fingerprint density at radius 3 is 1.87 bits per heavy atom. The Labute approximate surface area is 222 Å². The van der Waals surface area contributed by atoms with E-state index in [1.165, 1.54) is 6.92 Å². The van der Waals surface area contributed by atoms with Crippen molar-refractivity contribution in [3.8, 4) is 0 Å². The molecule has 2 atom stereocenters. The molecule has 0 aliphatic rings. The second-order valence-corrected chi connectivity index (χ2v) is 10.4. The van der Waals surface area contributed by atoms with Gasteiger partial charge in [0.1, 0.15) is 12.2 Å². The first-order valence-electron chi connectivity index (χ1n) is 12.7. The monoisotopic (exact) mass is 516 g/mol. The van der Waals surface area contributed by atoms with E-state index in [9.17, 15) is 14.4 Å². The smallest absolute Gasteiger partial charge is 0.244 e. The highest BCUT2D eigenvalue weighted by atomic mass is 16.2. The van der Waals surface area contributed by atoms with Crippen LogP contribution in [0.25, 0.3) is 21.8 Å². The van der Waals surface area contributed by atoms with Crippen molar-refractivity contribution in [2.45, 2.75) is 51.4 Å². The molecule has 2 aromatic carbocycles. The topological polar surface area (TPSA) is 122 Å². The van der Waals surface area contributed by atoms with Crippen LogP contribution >= 0.6 is 0 Å². The Bertz CT molecular complexity index is 1450. The van der Waals surface area contributed by atoms with Gasteiger partial charge in [-0.1, -0.05) is 36.4 Å². The zero-order valence-electron chi connectivity index (χ0n) is 22.5. The van der Waals surface area contributed by atoms with Crippen LogP contribution in [0.3, 0.4) is 0 Å². The standard InChI is InChI=1S/C29H36N6O3/c1-18(36)32-26(15-20-17-31-24-13-9-7-11-22(20)24)34-27(37)25(33-28(38)29(2,3)35(4)5)14-19-16-30-23-12-8-6-10-21(19)23/h6-13,16-17,25-26,30-31H,14-15H2,1-5H3,(H,32,36)(H,33,38)(H,34,37)/t25-,26-/m1/s1. The first-order chi connectivity index (χ1) is 18.1. The van der Waals surface area contributed by atoms with Gasteiger partial charge in [-0.2, -0.15) is 0 Å². The summed E-state index contributed by atoms with van der Waals surface area (Å²) in [6.45, 7) is 5.03. The molecular weight excluding hydrogens is 480 g/mol. The Morgan fingerprint density at radius 1 is 0.816 bits per heavy atom. The molecule has 4 aromatic rings. The number of fused-ring (bicyclic) bond motifs is 2. The van der Waals surface area contributed by atoms with Crippen molar-refractivity contribution in [2.75, 3.05) is 14.1 Å². The molecule has 3 amide bonds. The summed E-state index contributed by atoms with van der Waals surface area (Å²) in [6, 6.07) is 14.8. The number of aromatic amines is 2. The van der Waals surface area contributed by atoms with Crippen molar-refractivity contribution in [2.24, 2.45) is 0 Å². The van der Waals surface area contributed by atoms with Crippen LogP contribution in [0, 0.1) is 0 Å². The fourth-order valence-electron chi connectivity index (χ4n) is 4.44. The van der Waals surface area contributed by atoms with Crippen LogP contribution in [-0.2, 0) is 27.2 Å². The third-order valence-corrected chi connectivity index (χ3v) is 7.19. The molecule has 9 heteroatoms. The summed E-state index contributed by atoms with van der Waals surface area (Å²) in [5, 5.41) is 10.8. The van der Waals surface area contributed by atoms with Gasteiger partial charge in [-0.25, -0.2) is 0 Å². The number of para-hydroxylation sites is 2. The first kappa shape index (κ1) is 26.9. The number of rotatable bonds is 10. The molecule has 0 spiro atoms. The molecule has 0 saturated carbocycles. The van der Waals surface area contributed by atoms with Gasteiger partial charge in [-0.05, 0) is 51.2 Å². The van der Waals surface area contributed by atoms with Gasteiger partial charge in [0.15, 0.2) is 0 Å². The largest absolute Gasteiger partial charge is 0.361 e. The molecule has 0 unspecified atom stereocenters. The van der Waals surface area contributed by atoms with E-state index in [0.717, 1.165) is 32.9 Å². The Balaban J connectivity index is 1.60. The van der Waals surface area contributed by atoms with Crippen LogP contribution in [0.4, 0.5) is 0 Å². The van der Waals surface area contributed by atoms with Crippen molar-refractivity contribution >= 4 is 39.5 Å². The molecule has 0 aliphatic carbocycles. The summed E-state index contributed by atoms with van der Waals surface area (Å²) in [6.07, 6.45) is 3.75. The van der Waals surface area contributed by atoms with Crippen molar-refractivity contribution in [3.63, 3.8) is 0 Å². The maximum Gasteiger partial charge on any atom is 0.244 e. The SMILES string of the molecule is CC(=O)N[C@@H](Cc1c[nH]c2ccccc12)NC(=O)[C@@H](Cc1c[nH]c2ccccc12)NC(=O)C(C)(C)N(C)C. The van der Waals surface area contributed by atoms with Gasteiger partial charge in [0.05, 0.1) is 5.54 Å². The van der Waals surface area contributed by atoms with E-state index >= 15 is 0 Å². The Hall–Kier alpha value is -4.11. The van der Waals surface area contributed by atoms with Crippen LogP contribution in [-0.4, -0.2) is 64.4 Å². The quantitative estimate of drug-likeness (QED) is 0.208. The third-order valence-electron chi connectivity index (χ3n) is 7.19. The lowest BCUT2D eigenvalue weighted by Crippen LogP contribution is -2.60. The molecule has 2 heterocycles. The lowest BCUT2D eigenvalue weighted by Gasteiger charge is -2.33. The van der Waals surface area contributed by atoms with Gasteiger partial charge < -0.3 is 25.9 Å². The van der Waals surface area contributed by atoms with Crippen LogP contribution < -0.4 is 16.0 Å². The summed E-state index contributed by atoms with van der Waals surface area (Å²) in [4.78, 5) is 47.3. The number of carbonyl (C=O) groups excluding carboxylic acids is 3. The number of hydrogen-bond acceptors (Lipinski definition) is 4. The van der Waals surface area contributed by atoms with E-state index in [1.54, 1.807) is 18.7 Å². The van der Waals surface area contributed by atoms with Crippen LogP contribution in [0.15, 0.2) is 60.9 Å². The maximum absolute atomic E-state index is 13.7. The number of nitrogens with one attached hydrogen (secondary N) is 5. The van der Waals surface area contributed by atoms with E-state index < -0.39 is 17.7 Å². The molecule has 0 saturated heterocycles. The number of H-pyrrole nitrogens is 2. The highest BCUT2D eigenvalue weighted by Crippen LogP contribution is 2.21. The number of amides is 3. The lowest BCUT2D eigenvalue weighted by molar-refractivity contribution is -0.135. The fourth-order valence-corrected chi connectivity index (χ4v) is 4.44. The Morgan fingerprint density at radius 2 is 1.34 bits per heavy atom. The normalized spacial score (nSPS) is 13.4. The number of aromatic nitrogens is 2. The fraction of sp³-hybridized carbons (Fsp3) is 0.345. The Kier molecular flexibility index (Phi) is 7.87. The number of hydrogen-bond donors (Lipinski definition) is 5. The van der Waals surface area contributed by atoms with Crippen molar-refractivity contribution < 1.29 is 14.4 Å². The van der Waals surface area contributed by atoms with Crippen molar-refractivity contribution in [1.29, 1.82) is 0 Å². The molecule has 200 valence electrons. The van der Waals surface area contributed by atoms with Gasteiger partial charge in [0.2, 0.25) is 17.7 Å². The highest BCUT2D eigenvalue weighted by Gasteiger charge is 2.34. The predicted molar refractivity (Wildman–Crippen MR) is 149 cm³/mol. The van der Waals surface area contributed by atoms with E-state index in [4.69, 9.17) is 0 Å². The summed E-state index contributed by atoms with van der Waals surface area (Å²) in [5.41, 5.74) is 2.98. The average molecular weight is 517 g/mol. The van der Waals surface area contributed by atoms with Crippen LogP contribution in [0.1, 0.15) is 31.9 Å². The molecule has 0 fully saturated rings. The van der Waals surface area contributed by atoms with Gasteiger partial charge in [0.25, 0.3) is 0 Å². The van der Waals surface area contributed by atoms with Crippen molar-refractivity contribution in [1.82, 2.24) is 30.8 Å². The minimum absolute atomic E-state index is 0.263. The zero-order chi connectivity index (χ0) is 27.4. The van der Waals surface area contributed by atoms with E-state index in [2.05, 4.69) is 25.9 Å². The maximum atomic E-state index is 13.7. The molecule has 5 N–H and O–H groups in total. The minimum atomic E-state index is -0.861. The minimum Gasteiger partial charge on any atom is -0.361 e. The van der Waals surface area contributed by atoms with Gasteiger partial charge in [-0.15, -0.1) is 0 Å². The van der Waals surface area contributed by atoms with Gasteiger partial charge >= 0.3 is 0 Å². The molecule has 0 aliphatic heterocycles. The molecule has 9 nitrogen and oxygen atoms in total. The van der Waals surface area contributed by atoms with E-state index in [0.29, 0.717) is 6.42 Å². The molecular formula is C29H36N6O3. The summed E-state index contributed by atoms with van der Waals surface area (Å²) >= 11 is 0. The van der Waals surface area contributed by atoms with Crippen molar-refractivity contribution in [3.05, 3.63) is 72.1 Å². The molecule has 38 heavy (non-hydrogen) atoms. The summed E-state index contributed by atoms with van der Waals surface area (Å²) in [7, 11) is 3.64. The van der Waals surface area contributed by atoms with Gasteiger partial charge in [-0.3, -0.25) is 19.3 Å². The summed E-state index contributed by atoms with van der Waals surface area (Å²) < 4.78 is 0. The van der Waals surface area contributed by atoms with E-state index in [1.807, 2.05) is 75.0 Å². The molecule has 0 bridgehead atoms. The number of benzene rings is 2. The second-order valence-electron chi connectivity index (χ2n) is 10.4. The zero-order valence-corrected chi connectivity index (χ0v) is 22.5. The average Bonchev–Trinajstić information content (AvgIpc) is 3.47. The third kappa shape index (κ3) is 5.89. The molecule has 2 aromatic heterocycles. The lowest BCUT2D eigenvalue weighted by atomic mass is 9.99. The number of likely N-dealkylation sites (N-methyl/N-ethyl adjacent to an activating group) is 1.